The van der Waals surface area contributed by atoms with Gasteiger partial charge in [-0.05, 0) is 44.9 Å². The Balaban J connectivity index is 1.87. The summed E-state index contributed by atoms with van der Waals surface area (Å²) >= 11 is 0. The molecule has 1 aromatic carbocycles. The summed E-state index contributed by atoms with van der Waals surface area (Å²) in [5.74, 6) is -0.264. The van der Waals surface area contributed by atoms with Crippen molar-refractivity contribution < 1.29 is 14.3 Å². The van der Waals surface area contributed by atoms with E-state index in [1.165, 1.54) is 7.11 Å². The zero-order chi connectivity index (χ0) is 17.3. The lowest BCUT2D eigenvalue weighted by Gasteiger charge is -2.31. The number of methoxy groups -OCH3 is 1. The van der Waals surface area contributed by atoms with Gasteiger partial charge in [0.15, 0.2) is 0 Å². The van der Waals surface area contributed by atoms with Crippen LogP contribution in [0.3, 0.4) is 0 Å². The van der Waals surface area contributed by atoms with E-state index in [0.29, 0.717) is 31.5 Å². The van der Waals surface area contributed by atoms with Crippen molar-refractivity contribution in [2.75, 3.05) is 20.2 Å². The van der Waals surface area contributed by atoms with Crippen molar-refractivity contribution in [1.82, 2.24) is 9.88 Å². The predicted molar refractivity (Wildman–Crippen MR) is 91.9 cm³/mol. The van der Waals surface area contributed by atoms with E-state index < -0.39 is 0 Å². The van der Waals surface area contributed by atoms with Crippen LogP contribution >= 0.6 is 0 Å². The summed E-state index contributed by atoms with van der Waals surface area (Å²) in [5, 5.41) is 0.890. The molecule has 1 aromatic heterocycles. The van der Waals surface area contributed by atoms with Crippen LogP contribution in [-0.4, -0.2) is 42.0 Å². The lowest BCUT2D eigenvalue weighted by Crippen LogP contribution is -2.40. The number of piperidine rings is 1. The Labute approximate surface area is 141 Å². The molecule has 24 heavy (non-hydrogen) atoms. The second-order valence-electron chi connectivity index (χ2n) is 6.42. The Bertz CT molecular complexity index is 793. The number of hydrogen-bond donors (Lipinski definition) is 0. The molecule has 0 bridgehead atoms. The van der Waals surface area contributed by atoms with Crippen molar-refractivity contribution in [3.63, 3.8) is 0 Å². The number of fused-ring (bicyclic) bond motifs is 1. The third-order valence-corrected chi connectivity index (χ3v) is 4.64. The third kappa shape index (κ3) is 3.11. The number of nitrogens with zero attached hydrogens (tertiary/aromatic N) is 2. The van der Waals surface area contributed by atoms with Crippen LogP contribution in [0, 0.1) is 19.8 Å². The van der Waals surface area contributed by atoms with E-state index in [-0.39, 0.29) is 17.8 Å². The van der Waals surface area contributed by atoms with Crippen LogP contribution in [0.2, 0.25) is 0 Å². The van der Waals surface area contributed by atoms with Crippen molar-refractivity contribution in [1.29, 1.82) is 0 Å². The minimum atomic E-state index is -0.178. The molecular formula is C19H22N2O3. The van der Waals surface area contributed by atoms with Crippen molar-refractivity contribution in [3.8, 4) is 0 Å². The molecule has 1 saturated heterocycles. The van der Waals surface area contributed by atoms with Gasteiger partial charge in [-0.25, -0.2) is 0 Å². The van der Waals surface area contributed by atoms with Crippen molar-refractivity contribution >= 4 is 22.8 Å². The average Bonchev–Trinajstić information content (AvgIpc) is 2.60. The quantitative estimate of drug-likeness (QED) is 0.796. The van der Waals surface area contributed by atoms with Crippen LogP contribution in [0.25, 0.3) is 10.9 Å². The number of rotatable bonds is 2. The molecule has 2 heterocycles. The second-order valence-corrected chi connectivity index (χ2v) is 6.42. The number of aryl methyl sites for hydroxylation is 2. The predicted octanol–water partition coefficient (Wildman–Crippen LogP) is 2.88. The number of aromatic nitrogens is 1. The number of amides is 1. The normalized spacial score (nSPS) is 15.5. The Hall–Kier alpha value is -2.43. The minimum absolute atomic E-state index is 0.0133. The molecule has 2 aromatic rings. The minimum Gasteiger partial charge on any atom is -0.469 e. The maximum absolute atomic E-state index is 13.0. The summed E-state index contributed by atoms with van der Waals surface area (Å²) < 4.78 is 4.81. The van der Waals surface area contributed by atoms with E-state index in [4.69, 9.17) is 4.74 Å². The molecule has 0 aliphatic carbocycles. The number of benzene rings is 1. The summed E-state index contributed by atoms with van der Waals surface area (Å²) in [7, 11) is 1.41. The van der Waals surface area contributed by atoms with Gasteiger partial charge in [-0.3, -0.25) is 14.6 Å². The highest BCUT2D eigenvalue weighted by Crippen LogP contribution is 2.24. The molecule has 1 amide bonds. The molecule has 0 spiro atoms. The Morgan fingerprint density at radius 3 is 2.54 bits per heavy atom. The zero-order valence-electron chi connectivity index (χ0n) is 14.3. The summed E-state index contributed by atoms with van der Waals surface area (Å²) in [6.45, 7) is 5.07. The molecule has 126 valence electrons. The first-order chi connectivity index (χ1) is 11.5. The maximum Gasteiger partial charge on any atom is 0.308 e. The van der Waals surface area contributed by atoms with E-state index in [9.17, 15) is 9.59 Å². The fraction of sp³-hybridized carbons (Fsp3) is 0.421. The van der Waals surface area contributed by atoms with Crippen LogP contribution in [0.1, 0.15) is 34.5 Å². The molecule has 1 fully saturated rings. The standard InChI is InChI=1S/C19H22N2O3/c1-12-4-5-17-15(10-12)16(11-13(2)20-17)18(22)21-8-6-14(7-9-21)19(23)24-3/h4-5,10-11,14H,6-9H2,1-3H3. The molecule has 0 saturated carbocycles. The molecular weight excluding hydrogens is 304 g/mol. The van der Waals surface area contributed by atoms with Gasteiger partial charge in [0.1, 0.15) is 0 Å². The smallest absolute Gasteiger partial charge is 0.308 e. The molecule has 3 rings (SSSR count). The molecule has 5 nitrogen and oxygen atoms in total. The molecule has 1 aliphatic heterocycles. The summed E-state index contributed by atoms with van der Waals surface area (Å²) in [5.41, 5.74) is 3.47. The fourth-order valence-electron chi connectivity index (χ4n) is 3.30. The molecule has 0 atom stereocenters. The first kappa shape index (κ1) is 16.4. The first-order valence-corrected chi connectivity index (χ1v) is 8.24. The van der Waals surface area contributed by atoms with Gasteiger partial charge in [-0.1, -0.05) is 11.6 Å². The van der Waals surface area contributed by atoms with E-state index >= 15 is 0 Å². The topological polar surface area (TPSA) is 59.5 Å². The van der Waals surface area contributed by atoms with E-state index in [0.717, 1.165) is 22.2 Å². The Kier molecular flexibility index (Phi) is 4.51. The van der Waals surface area contributed by atoms with Gasteiger partial charge in [-0.15, -0.1) is 0 Å². The third-order valence-electron chi connectivity index (χ3n) is 4.64. The lowest BCUT2D eigenvalue weighted by atomic mass is 9.96. The van der Waals surface area contributed by atoms with Crippen molar-refractivity contribution in [2.45, 2.75) is 26.7 Å². The van der Waals surface area contributed by atoms with Gasteiger partial charge in [-0.2, -0.15) is 0 Å². The Morgan fingerprint density at radius 1 is 1.17 bits per heavy atom. The van der Waals surface area contributed by atoms with Crippen LogP contribution in [0.5, 0.6) is 0 Å². The number of likely N-dealkylation sites (tertiary alicyclic amines) is 1. The number of ether oxygens (including phenoxy) is 1. The molecule has 0 radical (unpaired) electrons. The van der Waals surface area contributed by atoms with Crippen LogP contribution in [0.4, 0.5) is 0 Å². The highest BCUT2D eigenvalue weighted by Gasteiger charge is 2.29. The zero-order valence-corrected chi connectivity index (χ0v) is 14.3. The van der Waals surface area contributed by atoms with E-state index in [1.807, 2.05) is 43.0 Å². The first-order valence-electron chi connectivity index (χ1n) is 8.24. The van der Waals surface area contributed by atoms with E-state index in [1.54, 1.807) is 0 Å². The fourth-order valence-corrected chi connectivity index (χ4v) is 3.30. The van der Waals surface area contributed by atoms with E-state index in [2.05, 4.69) is 4.98 Å². The van der Waals surface area contributed by atoms with Gasteiger partial charge >= 0.3 is 5.97 Å². The molecule has 5 heteroatoms. The number of hydrogen-bond acceptors (Lipinski definition) is 4. The number of esters is 1. The number of pyridine rings is 1. The van der Waals surface area contributed by atoms with Crippen molar-refractivity contribution in [2.24, 2.45) is 5.92 Å². The lowest BCUT2D eigenvalue weighted by molar-refractivity contribution is -0.146. The SMILES string of the molecule is COC(=O)C1CCN(C(=O)c2cc(C)nc3ccc(C)cc23)CC1. The average molecular weight is 326 g/mol. The van der Waals surface area contributed by atoms with Gasteiger partial charge in [0.05, 0.1) is 24.1 Å². The summed E-state index contributed by atoms with van der Waals surface area (Å²) in [4.78, 5) is 31.0. The maximum atomic E-state index is 13.0. The number of carbonyl (C=O) groups is 2. The molecule has 0 unspecified atom stereocenters. The summed E-state index contributed by atoms with van der Waals surface area (Å²) in [6.07, 6.45) is 1.30. The van der Waals surface area contributed by atoms with Crippen molar-refractivity contribution in [3.05, 3.63) is 41.1 Å². The van der Waals surface area contributed by atoms with Gasteiger partial charge in [0, 0.05) is 24.2 Å². The van der Waals surface area contributed by atoms with Crippen LogP contribution < -0.4 is 0 Å². The Morgan fingerprint density at radius 2 is 1.88 bits per heavy atom. The highest BCUT2D eigenvalue weighted by molar-refractivity contribution is 6.06. The van der Waals surface area contributed by atoms with Gasteiger partial charge in [0.25, 0.3) is 5.91 Å². The largest absolute Gasteiger partial charge is 0.469 e. The van der Waals surface area contributed by atoms with Crippen LogP contribution in [0.15, 0.2) is 24.3 Å². The van der Waals surface area contributed by atoms with Gasteiger partial charge in [0.2, 0.25) is 0 Å². The summed E-state index contributed by atoms with van der Waals surface area (Å²) in [6, 6.07) is 7.83. The number of carbonyl (C=O) groups excluding carboxylic acids is 2. The monoisotopic (exact) mass is 326 g/mol. The van der Waals surface area contributed by atoms with Gasteiger partial charge < -0.3 is 9.64 Å². The highest BCUT2D eigenvalue weighted by atomic mass is 16.5. The van der Waals surface area contributed by atoms with Crippen LogP contribution in [-0.2, 0) is 9.53 Å². The second kappa shape index (κ2) is 6.59. The molecule has 0 N–H and O–H groups in total. The molecule has 1 aliphatic rings.